The van der Waals surface area contributed by atoms with Gasteiger partial charge in [0.1, 0.15) is 17.1 Å². The number of rotatable bonds is 9. The van der Waals surface area contributed by atoms with Gasteiger partial charge >= 0.3 is 5.97 Å². The zero-order chi connectivity index (χ0) is 47.3. The highest BCUT2D eigenvalue weighted by Crippen LogP contribution is 2.38. The first kappa shape index (κ1) is 46.9. The molecule has 0 spiro atoms. The lowest BCUT2D eigenvalue weighted by Gasteiger charge is -2.35. The van der Waals surface area contributed by atoms with E-state index in [4.69, 9.17) is 15.6 Å². The molecule has 0 unspecified atom stereocenters. The maximum atomic E-state index is 12.9. The molecule has 4 aromatic rings. The number of carbonyl (C=O) groups is 6. The van der Waals surface area contributed by atoms with E-state index in [-0.39, 0.29) is 41.4 Å². The van der Waals surface area contributed by atoms with Gasteiger partial charge < -0.3 is 55.4 Å². The number of amides is 5. The minimum Gasteiger partial charge on any atom is -0.481 e. The Morgan fingerprint density at radius 1 is 0.522 bits per heavy atom. The molecule has 17 nitrogen and oxygen atoms in total. The van der Waals surface area contributed by atoms with E-state index in [0.29, 0.717) is 121 Å². The van der Waals surface area contributed by atoms with Gasteiger partial charge in [0.15, 0.2) is 0 Å². The molecular formula is C50H56N6O11. The molecule has 6 fully saturated rings. The Kier molecular flexibility index (Phi) is 14.0. The van der Waals surface area contributed by atoms with Crippen LogP contribution in [0, 0.1) is 11.8 Å². The smallest absolute Gasteiger partial charge is 0.311 e. The highest BCUT2D eigenvalue weighted by atomic mass is 16.5. The van der Waals surface area contributed by atoms with Crippen molar-refractivity contribution in [2.24, 2.45) is 11.8 Å². The monoisotopic (exact) mass is 916 g/mol. The van der Waals surface area contributed by atoms with Crippen LogP contribution in [0.1, 0.15) is 46.4 Å². The first-order chi connectivity index (χ1) is 32.2. The number of nitrogens with one attached hydrogen (secondary N) is 1. The largest absolute Gasteiger partial charge is 0.481 e. The van der Waals surface area contributed by atoms with Gasteiger partial charge in [-0.05, 0) is 96.5 Å². The Morgan fingerprint density at radius 3 is 1.28 bits per heavy atom. The van der Waals surface area contributed by atoms with Crippen molar-refractivity contribution in [2.75, 3.05) is 89.8 Å². The molecule has 6 N–H and O–H groups in total. The molecule has 2 aliphatic carbocycles. The summed E-state index contributed by atoms with van der Waals surface area (Å²) < 4.78 is 9.69. The van der Waals surface area contributed by atoms with Crippen molar-refractivity contribution >= 4 is 46.9 Å². The maximum Gasteiger partial charge on any atom is 0.311 e. The van der Waals surface area contributed by atoms with Gasteiger partial charge in [0.2, 0.25) is 5.91 Å². The zero-order valence-corrected chi connectivity index (χ0v) is 37.2. The van der Waals surface area contributed by atoms with Gasteiger partial charge in [0, 0.05) is 74.9 Å². The van der Waals surface area contributed by atoms with Crippen LogP contribution in [0.4, 0.5) is 11.4 Å². The summed E-state index contributed by atoms with van der Waals surface area (Å²) in [5.74, 6) is -1.59. The zero-order valence-electron chi connectivity index (χ0n) is 37.2. The number of ether oxygens (including phenoxy) is 2. The normalized spacial score (nSPS) is 19.2. The summed E-state index contributed by atoms with van der Waals surface area (Å²) in [5, 5.41) is 31.1. The van der Waals surface area contributed by atoms with E-state index in [1.54, 1.807) is 31.7 Å². The van der Waals surface area contributed by atoms with Gasteiger partial charge in [-0.15, -0.1) is 0 Å². The standard InChI is InChI=1S/C25H27N3O5.C21H23N3O3.C4H6O3/c29-22(20-15-33-16-20)26-21-3-1-2-19(14-21)17-4-6-18(7-5-17)23(30)27-10-12-28(13-11-27)24(31)25(32)8-9-25;22-18-3-1-2-17(14-18)15-4-6-16(7-5-15)19(25)23-10-12-24(13-11-23)20(26)21(27)8-9-21;5-4(6)3-1-7-2-3/h1-7,14,20,32H,8-13,15-16H2,(H,26,29);1-7,14,27H,8-13,22H2;3H,1-2H2,(H,5,6). The Labute approximate surface area is 388 Å². The SMILES string of the molecule is Nc1cccc(-c2ccc(C(=O)N3CCN(C(=O)C4(O)CC4)CC3)cc2)c1.O=C(Nc1cccc(-c2ccc(C(=O)N3CCN(C(=O)C4(O)CC4)CC3)cc2)c1)C1COC1.O=C(O)C1COC1. The number of hydrogen-bond donors (Lipinski definition) is 5. The van der Waals surface area contributed by atoms with Crippen LogP contribution in [-0.4, -0.2) is 160 Å². The molecule has 4 aliphatic heterocycles. The van der Waals surface area contributed by atoms with Crippen LogP contribution in [0.3, 0.4) is 0 Å². The van der Waals surface area contributed by atoms with E-state index in [2.05, 4.69) is 10.1 Å². The third-order valence-corrected chi connectivity index (χ3v) is 12.9. The molecule has 6 aliphatic rings. The van der Waals surface area contributed by atoms with Crippen molar-refractivity contribution in [1.29, 1.82) is 0 Å². The molecule has 4 heterocycles. The van der Waals surface area contributed by atoms with E-state index in [1.165, 1.54) is 0 Å². The van der Waals surface area contributed by atoms with Crippen molar-refractivity contribution in [2.45, 2.75) is 36.9 Å². The van der Waals surface area contributed by atoms with Gasteiger partial charge in [-0.25, -0.2) is 0 Å². The minimum absolute atomic E-state index is 0.0348. The molecule has 5 amide bonds. The Balaban J connectivity index is 0.000000161. The number of anilines is 2. The number of carbonyl (C=O) groups excluding carboxylic acids is 5. The second-order valence-electron chi connectivity index (χ2n) is 17.9. The number of nitrogen functional groups attached to an aromatic ring is 1. The molecule has 17 heteroatoms. The van der Waals surface area contributed by atoms with E-state index in [1.807, 2.05) is 84.9 Å². The van der Waals surface area contributed by atoms with Crippen molar-refractivity contribution < 1.29 is 53.6 Å². The van der Waals surface area contributed by atoms with Gasteiger partial charge in [0.05, 0.1) is 32.3 Å². The van der Waals surface area contributed by atoms with Crippen molar-refractivity contribution in [3.05, 3.63) is 108 Å². The Hall–Kier alpha value is -6.66. The van der Waals surface area contributed by atoms with Crippen LogP contribution in [0.25, 0.3) is 22.3 Å². The van der Waals surface area contributed by atoms with Gasteiger partial charge in [-0.2, -0.15) is 0 Å². The van der Waals surface area contributed by atoms with Crippen molar-refractivity contribution in [3.8, 4) is 22.3 Å². The second-order valence-corrected chi connectivity index (χ2v) is 17.9. The molecular weight excluding hydrogens is 861 g/mol. The van der Waals surface area contributed by atoms with E-state index < -0.39 is 17.2 Å². The lowest BCUT2D eigenvalue weighted by Crippen LogP contribution is -2.53. The molecule has 0 atom stereocenters. The Bertz CT molecular complexity index is 2470. The van der Waals surface area contributed by atoms with E-state index in [9.17, 15) is 39.0 Å². The molecule has 67 heavy (non-hydrogen) atoms. The highest BCUT2D eigenvalue weighted by molar-refractivity contribution is 5.97. The van der Waals surface area contributed by atoms with Crippen LogP contribution in [0.2, 0.25) is 0 Å². The summed E-state index contributed by atoms with van der Waals surface area (Å²) in [6.45, 7) is 5.42. The van der Waals surface area contributed by atoms with Gasteiger partial charge in [-0.3, -0.25) is 28.8 Å². The van der Waals surface area contributed by atoms with Crippen LogP contribution >= 0.6 is 0 Å². The summed E-state index contributed by atoms with van der Waals surface area (Å²) >= 11 is 0. The summed E-state index contributed by atoms with van der Waals surface area (Å²) in [4.78, 5) is 79.0. The summed E-state index contributed by atoms with van der Waals surface area (Å²) in [6, 6.07) is 30.1. The number of aliphatic carboxylic acids is 1. The topological polar surface area (TPSA) is 233 Å². The summed E-state index contributed by atoms with van der Waals surface area (Å²) in [6.07, 6.45) is 2.15. The lowest BCUT2D eigenvalue weighted by atomic mass is 10.0. The number of benzene rings is 4. The first-order valence-electron chi connectivity index (χ1n) is 22.7. The summed E-state index contributed by atoms with van der Waals surface area (Å²) in [5.41, 5.74) is 10.1. The van der Waals surface area contributed by atoms with Crippen molar-refractivity contribution in [1.82, 2.24) is 19.6 Å². The number of hydrogen-bond acceptors (Lipinski definition) is 11. The molecule has 0 aromatic heterocycles. The number of nitrogens with two attached hydrogens (primary N) is 1. The molecule has 4 saturated heterocycles. The Morgan fingerprint density at radius 2 is 0.925 bits per heavy atom. The summed E-state index contributed by atoms with van der Waals surface area (Å²) in [7, 11) is 0. The van der Waals surface area contributed by atoms with E-state index >= 15 is 0 Å². The number of aliphatic hydroxyl groups is 2. The lowest BCUT2D eigenvalue weighted by molar-refractivity contribution is -0.156. The fourth-order valence-electron chi connectivity index (χ4n) is 7.96. The van der Waals surface area contributed by atoms with Gasteiger partial charge in [0.25, 0.3) is 23.6 Å². The molecule has 4 aromatic carbocycles. The predicted octanol–water partition coefficient (Wildman–Crippen LogP) is 3.21. The molecule has 352 valence electrons. The molecule has 10 rings (SSSR count). The van der Waals surface area contributed by atoms with Crippen LogP contribution < -0.4 is 11.1 Å². The number of piperazine rings is 2. The highest BCUT2D eigenvalue weighted by Gasteiger charge is 2.51. The van der Waals surface area contributed by atoms with Crippen LogP contribution in [0.5, 0.6) is 0 Å². The average Bonchev–Trinajstić information content (AvgIpc) is 4.25. The molecule has 2 saturated carbocycles. The minimum atomic E-state index is -1.16. The van der Waals surface area contributed by atoms with E-state index in [0.717, 1.165) is 27.9 Å². The molecule has 0 bridgehead atoms. The molecule has 0 radical (unpaired) electrons. The predicted molar refractivity (Wildman–Crippen MR) is 246 cm³/mol. The van der Waals surface area contributed by atoms with Crippen LogP contribution in [-0.2, 0) is 28.7 Å². The number of carboxylic acid groups (broad SMARTS) is 1. The fraction of sp³-hybridized carbons (Fsp3) is 0.400. The van der Waals surface area contributed by atoms with Crippen molar-refractivity contribution in [3.63, 3.8) is 0 Å². The second kappa shape index (κ2) is 20.1. The third-order valence-electron chi connectivity index (χ3n) is 12.9. The fourth-order valence-corrected chi connectivity index (χ4v) is 7.96. The number of carboxylic acids is 1. The third kappa shape index (κ3) is 11.3. The van der Waals surface area contributed by atoms with Crippen LogP contribution in [0.15, 0.2) is 97.1 Å². The van der Waals surface area contributed by atoms with Gasteiger partial charge in [-0.1, -0.05) is 48.5 Å². The maximum absolute atomic E-state index is 12.9. The average molecular weight is 917 g/mol. The quantitative estimate of drug-likeness (QED) is 0.153. The number of nitrogens with zero attached hydrogens (tertiary/aromatic N) is 4. The first-order valence-corrected chi connectivity index (χ1v) is 22.7.